The molecule has 1 aliphatic heterocycles. The summed E-state index contributed by atoms with van der Waals surface area (Å²) in [5.74, 6) is 0.588. The average Bonchev–Trinajstić information content (AvgIpc) is 2.73. The van der Waals surface area contributed by atoms with Crippen LogP contribution in [0, 0.1) is 5.41 Å². The summed E-state index contributed by atoms with van der Waals surface area (Å²) in [6, 6.07) is 15.2. The second-order valence-corrected chi connectivity index (χ2v) is 7.29. The SMILES string of the molecule is CN(C(=O)C(C)(C)C(=O)N1CCN(c2ccccn2)CC1)c1ccccc1. The van der Waals surface area contributed by atoms with Crippen LogP contribution in [-0.2, 0) is 9.59 Å². The first-order valence-electron chi connectivity index (χ1n) is 9.20. The largest absolute Gasteiger partial charge is 0.353 e. The van der Waals surface area contributed by atoms with Crippen LogP contribution in [0.15, 0.2) is 54.7 Å². The molecule has 6 nitrogen and oxygen atoms in total. The monoisotopic (exact) mass is 366 g/mol. The standard InChI is InChI=1S/C21H26N4O2/c1-21(2,19(26)23(3)17-9-5-4-6-10-17)20(27)25-15-13-24(14-16-25)18-11-7-8-12-22-18/h4-12H,13-16H2,1-3H3. The third-order valence-corrected chi connectivity index (χ3v) is 5.06. The molecule has 2 amide bonds. The van der Waals surface area contributed by atoms with Crippen LogP contribution >= 0.6 is 0 Å². The van der Waals surface area contributed by atoms with Crippen LogP contribution in [0.2, 0.25) is 0 Å². The zero-order valence-electron chi connectivity index (χ0n) is 16.1. The van der Waals surface area contributed by atoms with Gasteiger partial charge in [-0.1, -0.05) is 24.3 Å². The molecule has 0 N–H and O–H groups in total. The van der Waals surface area contributed by atoms with E-state index in [2.05, 4.69) is 9.88 Å². The molecule has 6 heteroatoms. The Balaban J connectivity index is 1.65. The van der Waals surface area contributed by atoms with Crippen molar-refractivity contribution in [3.8, 4) is 0 Å². The van der Waals surface area contributed by atoms with E-state index in [1.807, 2.05) is 48.5 Å². The average molecular weight is 366 g/mol. The zero-order chi connectivity index (χ0) is 19.4. The van der Waals surface area contributed by atoms with Gasteiger partial charge in [0, 0.05) is 45.1 Å². The summed E-state index contributed by atoms with van der Waals surface area (Å²) in [7, 11) is 1.71. The second-order valence-electron chi connectivity index (χ2n) is 7.29. The first-order valence-corrected chi connectivity index (χ1v) is 9.20. The maximum atomic E-state index is 13.1. The number of nitrogens with zero attached hydrogens (tertiary/aromatic N) is 4. The highest BCUT2D eigenvalue weighted by Gasteiger charge is 2.42. The molecule has 27 heavy (non-hydrogen) atoms. The number of hydrogen-bond donors (Lipinski definition) is 0. The van der Waals surface area contributed by atoms with E-state index in [1.165, 1.54) is 0 Å². The van der Waals surface area contributed by atoms with Crippen molar-refractivity contribution in [2.24, 2.45) is 5.41 Å². The van der Waals surface area contributed by atoms with Gasteiger partial charge in [-0.25, -0.2) is 4.98 Å². The highest BCUT2D eigenvalue weighted by Crippen LogP contribution is 2.26. The topological polar surface area (TPSA) is 56.8 Å². The number of carbonyl (C=O) groups is 2. The van der Waals surface area contributed by atoms with Crippen molar-refractivity contribution >= 4 is 23.3 Å². The molecule has 142 valence electrons. The highest BCUT2D eigenvalue weighted by atomic mass is 16.2. The number of rotatable bonds is 4. The minimum Gasteiger partial charge on any atom is -0.353 e. The molecule has 0 saturated carbocycles. The molecule has 0 unspecified atom stereocenters. The van der Waals surface area contributed by atoms with E-state index in [1.54, 1.807) is 36.9 Å². The summed E-state index contributed by atoms with van der Waals surface area (Å²) >= 11 is 0. The first-order chi connectivity index (χ1) is 12.9. The van der Waals surface area contributed by atoms with Gasteiger partial charge in [-0.2, -0.15) is 0 Å². The third kappa shape index (κ3) is 3.94. The van der Waals surface area contributed by atoms with Gasteiger partial charge >= 0.3 is 0 Å². The molecule has 2 aromatic rings. The Labute approximate surface area is 160 Å². The summed E-state index contributed by atoms with van der Waals surface area (Å²) in [5.41, 5.74) is -0.332. The molecule has 0 radical (unpaired) electrons. The molecule has 1 aliphatic rings. The summed E-state index contributed by atoms with van der Waals surface area (Å²) in [5, 5.41) is 0. The fraction of sp³-hybridized carbons (Fsp3) is 0.381. The van der Waals surface area contributed by atoms with Crippen LogP contribution < -0.4 is 9.80 Å². The maximum Gasteiger partial charge on any atom is 0.241 e. The first kappa shape index (κ1) is 18.9. The minimum absolute atomic E-state index is 0.129. The molecule has 0 bridgehead atoms. The predicted octanol–water partition coefficient (Wildman–Crippen LogP) is 2.42. The lowest BCUT2D eigenvalue weighted by molar-refractivity contribution is -0.147. The summed E-state index contributed by atoms with van der Waals surface area (Å²) in [4.78, 5) is 36.0. The van der Waals surface area contributed by atoms with Crippen molar-refractivity contribution in [2.45, 2.75) is 13.8 Å². The molecule has 0 atom stereocenters. The van der Waals surface area contributed by atoms with Crippen molar-refractivity contribution in [3.05, 3.63) is 54.7 Å². The Hall–Kier alpha value is -2.89. The lowest BCUT2D eigenvalue weighted by atomic mass is 9.89. The Morgan fingerprint density at radius 2 is 1.59 bits per heavy atom. The maximum absolute atomic E-state index is 13.1. The lowest BCUT2D eigenvalue weighted by Gasteiger charge is -2.39. The quantitative estimate of drug-likeness (QED) is 0.780. The normalized spacial score (nSPS) is 14.8. The van der Waals surface area contributed by atoms with E-state index in [4.69, 9.17) is 0 Å². The number of piperazine rings is 1. The lowest BCUT2D eigenvalue weighted by Crippen LogP contribution is -2.55. The molecule has 1 aromatic heterocycles. The van der Waals surface area contributed by atoms with E-state index < -0.39 is 5.41 Å². The van der Waals surface area contributed by atoms with E-state index in [0.717, 1.165) is 11.5 Å². The summed E-state index contributed by atoms with van der Waals surface area (Å²) in [6.45, 7) is 6.01. The van der Waals surface area contributed by atoms with Crippen molar-refractivity contribution in [2.75, 3.05) is 43.0 Å². The Kier molecular flexibility index (Phi) is 5.44. The van der Waals surface area contributed by atoms with Gasteiger partial charge in [0.05, 0.1) is 0 Å². The zero-order valence-corrected chi connectivity index (χ0v) is 16.1. The van der Waals surface area contributed by atoms with Crippen molar-refractivity contribution in [1.82, 2.24) is 9.88 Å². The fourth-order valence-corrected chi connectivity index (χ4v) is 3.35. The van der Waals surface area contributed by atoms with E-state index in [-0.39, 0.29) is 11.8 Å². The number of pyridine rings is 1. The van der Waals surface area contributed by atoms with E-state index in [9.17, 15) is 9.59 Å². The number of hydrogen-bond acceptors (Lipinski definition) is 4. The molecule has 1 aromatic carbocycles. The molecular formula is C21H26N4O2. The minimum atomic E-state index is -1.11. The third-order valence-electron chi connectivity index (χ3n) is 5.06. The Morgan fingerprint density at radius 1 is 0.963 bits per heavy atom. The van der Waals surface area contributed by atoms with Gasteiger partial charge in [-0.15, -0.1) is 0 Å². The van der Waals surface area contributed by atoms with Gasteiger partial charge in [0.1, 0.15) is 11.2 Å². The van der Waals surface area contributed by atoms with Crippen LogP contribution in [0.5, 0.6) is 0 Å². The van der Waals surface area contributed by atoms with Crippen LogP contribution in [0.4, 0.5) is 11.5 Å². The van der Waals surface area contributed by atoms with Gasteiger partial charge < -0.3 is 14.7 Å². The number of anilines is 2. The van der Waals surface area contributed by atoms with Crippen LogP contribution in [-0.4, -0.2) is 54.9 Å². The van der Waals surface area contributed by atoms with Crippen molar-refractivity contribution < 1.29 is 9.59 Å². The molecule has 2 heterocycles. The Bertz CT molecular complexity index is 784. The van der Waals surface area contributed by atoms with Crippen LogP contribution in [0.3, 0.4) is 0 Å². The molecular weight excluding hydrogens is 340 g/mol. The van der Waals surface area contributed by atoms with Gasteiger partial charge in [0.25, 0.3) is 0 Å². The summed E-state index contributed by atoms with van der Waals surface area (Å²) < 4.78 is 0. The molecule has 3 rings (SSSR count). The number of aromatic nitrogens is 1. The molecule has 0 spiro atoms. The van der Waals surface area contributed by atoms with Gasteiger partial charge in [-0.05, 0) is 38.1 Å². The second kappa shape index (κ2) is 7.78. The van der Waals surface area contributed by atoms with Crippen molar-refractivity contribution in [3.63, 3.8) is 0 Å². The van der Waals surface area contributed by atoms with Crippen molar-refractivity contribution in [1.29, 1.82) is 0 Å². The van der Waals surface area contributed by atoms with E-state index >= 15 is 0 Å². The van der Waals surface area contributed by atoms with Crippen LogP contribution in [0.25, 0.3) is 0 Å². The number of amides is 2. The number of carbonyl (C=O) groups excluding carboxylic acids is 2. The molecule has 1 saturated heterocycles. The number of benzene rings is 1. The molecule has 1 fully saturated rings. The Morgan fingerprint density at radius 3 is 2.19 bits per heavy atom. The van der Waals surface area contributed by atoms with E-state index in [0.29, 0.717) is 26.2 Å². The highest BCUT2D eigenvalue weighted by molar-refractivity contribution is 6.10. The fourth-order valence-electron chi connectivity index (χ4n) is 3.35. The smallest absolute Gasteiger partial charge is 0.241 e. The predicted molar refractivity (Wildman–Crippen MR) is 107 cm³/mol. The van der Waals surface area contributed by atoms with Gasteiger partial charge in [-0.3, -0.25) is 9.59 Å². The van der Waals surface area contributed by atoms with Gasteiger partial charge in [0.2, 0.25) is 11.8 Å². The number of para-hydroxylation sites is 1. The summed E-state index contributed by atoms with van der Waals surface area (Å²) in [6.07, 6.45) is 1.77. The van der Waals surface area contributed by atoms with Crippen LogP contribution in [0.1, 0.15) is 13.8 Å². The van der Waals surface area contributed by atoms with Gasteiger partial charge in [0.15, 0.2) is 0 Å². The molecule has 0 aliphatic carbocycles.